The molecule has 1 aliphatic rings. The van der Waals surface area contributed by atoms with Gasteiger partial charge in [0, 0.05) is 0 Å². The van der Waals surface area contributed by atoms with Gasteiger partial charge in [0.05, 0.1) is 15.5 Å². The average molecular weight is 463 g/mol. The van der Waals surface area contributed by atoms with E-state index in [4.69, 9.17) is 33.7 Å². The number of carbonyl (C=O) groups is 3. The number of halogens is 1. The van der Waals surface area contributed by atoms with E-state index < -0.39 is 24.4 Å². The van der Waals surface area contributed by atoms with Crippen molar-refractivity contribution in [3.63, 3.8) is 0 Å². The van der Waals surface area contributed by atoms with Crippen molar-refractivity contribution in [1.29, 1.82) is 0 Å². The highest BCUT2D eigenvalue weighted by atomic mass is 35.5. The zero-order valence-corrected chi connectivity index (χ0v) is 17.9. The largest absolute Gasteiger partial charge is 0.482 e. The number of benzene rings is 2. The van der Waals surface area contributed by atoms with Gasteiger partial charge in [0.1, 0.15) is 5.75 Å². The molecule has 0 aliphatic carbocycles. The van der Waals surface area contributed by atoms with Gasteiger partial charge in [-0.25, -0.2) is 4.79 Å². The van der Waals surface area contributed by atoms with Gasteiger partial charge >= 0.3 is 5.97 Å². The van der Waals surface area contributed by atoms with Gasteiger partial charge in [-0.1, -0.05) is 41.6 Å². The number of carboxylic acid groups (broad SMARTS) is 1. The molecule has 0 atom stereocenters. The number of rotatable bonds is 6. The maximum absolute atomic E-state index is 12.7. The molecule has 1 heterocycles. The number of carbonyl (C=O) groups excluding carboxylic acids is 2. The minimum Gasteiger partial charge on any atom is -0.482 e. The monoisotopic (exact) mass is 462 g/mol. The summed E-state index contributed by atoms with van der Waals surface area (Å²) < 4.78 is 5.26. The van der Waals surface area contributed by atoms with Gasteiger partial charge in [-0.15, -0.1) is 0 Å². The molecule has 0 bridgehead atoms. The standard InChI is InChI=1S/C20H15ClN2O5S2/c1-11-2-7-14(15(21)8-11)18(26)22-23-19(27)16(30-20(23)29)9-12-3-5-13(6-4-12)28-10-17(24)25/h2-9H,10H2,1H3,(H,22,26)(H,24,25)/b16-9+. The quantitative estimate of drug-likeness (QED) is 0.499. The Hall–Kier alpha value is -2.88. The number of aliphatic carboxylic acids is 1. The van der Waals surface area contributed by atoms with Crippen LogP contribution in [0.1, 0.15) is 21.5 Å². The lowest BCUT2D eigenvalue weighted by atomic mass is 10.1. The molecule has 7 nitrogen and oxygen atoms in total. The summed E-state index contributed by atoms with van der Waals surface area (Å²) in [5.74, 6) is -1.69. The van der Waals surface area contributed by atoms with Gasteiger partial charge in [0.2, 0.25) is 0 Å². The van der Waals surface area contributed by atoms with E-state index in [9.17, 15) is 14.4 Å². The predicted molar refractivity (Wildman–Crippen MR) is 118 cm³/mol. The lowest BCUT2D eigenvalue weighted by Crippen LogP contribution is -2.44. The minimum absolute atomic E-state index is 0.184. The summed E-state index contributed by atoms with van der Waals surface area (Å²) in [6, 6.07) is 11.5. The van der Waals surface area contributed by atoms with Crippen LogP contribution in [-0.4, -0.2) is 38.8 Å². The lowest BCUT2D eigenvalue weighted by Gasteiger charge is -2.16. The maximum atomic E-state index is 12.7. The summed E-state index contributed by atoms with van der Waals surface area (Å²) in [6.07, 6.45) is 1.62. The van der Waals surface area contributed by atoms with Crippen molar-refractivity contribution in [3.05, 3.63) is 69.1 Å². The number of nitrogens with one attached hydrogen (secondary N) is 1. The van der Waals surface area contributed by atoms with Crippen LogP contribution in [0.5, 0.6) is 5.75 Å². The van der Waals surface area contributed by atoms with E-state index in [-0.39, 0.29) is 14.9 Å². The van der Waals surface area contributed by atoms with Crippen LogP contribution < -0.4 is 10.2 Å². The van der Waals surface area contributed by atoms with Crippen LogP contribution in [0.4, 0.5) is 0 Å². The van der Waals surface area contributed by atoms with Crippen LogP contribution in [0.2, 0.25) is 5.02 Å². The molecule has 30 heavy (non-hydrogen) atoms. The molecule has 2 aromatic rings. The number of amides is 2. The first kappa shape index (κ1) is 21.8. The first-order chi connectivity index (χ1) is 14.2. The number of hydrogen-bond acceptors (Lipinski definition) is 6. The second kappa shape index (κ2) is 9.29. The predicted octanol–water partition coefficient (Wildman–Crippen LogP) is 3.66. The Balaban J connectivity index is 1.71. The summed E-state index contributed by atoms with van der Waals surface area (Å²) in [5, 5.41) is 9.92. The van der Waals surface area contributed by atoms with E-state index in [1.807, 2.05) is 6.92 Å². The normalized spacial score (nSPS) is 14.9. The van der Waals surface area contributed by atoms with Crippen molar-refractivity contribution in [1.82, 2.24) is 10.4 Å². The number of ether oxygens (including phenoxy) is 1. The van der Waals surface area contributed by atoms with Gasteiger partial charge < -0.3 is 9.84 Å². The SMILES string of the molecule is Cc1ccc(C(=O)NN2C(=O)/C(=C\c3ccc(OCC(=O)O)cc3)SC2=S)c(Cl)c1. The number of hydrogen-bond donors (Lipinski definition) is 2. The van der Waals surface area contributed by atoms with Crippen LogP contribution in [-0.2, 0) is 9.59 Å². The average Bonchev–Trinajstić information content (AvgIpc) is 2.94. The highest BCUT2D eigenvalue weighted by Gasteiger charge is 2.34. The Morgan fingerprint density at radius 2 is 1.97 bits per heavy atom. The van der Waals surface area contributed by atoms with Crippen molar-refractivity contribution in [2.24, 2.45) is 0 Å². The minimum atomic E-state index is -1.07. The third-order valence-electron chi connectivity index (χ3n) is 3.92. The number of aryl methyl sites for hydroxylation is 1. The molecule has 2 N–H and O–H groups in total. The topological polar surface area (TPSA) is 95.9 Å². The molecule has 2 aromatic carbocycles. The summed E-state index contributed by atoms with van der Waals surface area (Å²) in [6.45, 7) is 1.41. The number of hydrazine groups is 1. The molecule has 1 aliphatic heterocycles. The molecule has 0 saturated carbocycles. The van der Waals surface area contributed by atoms with Crippen molar-refractivity contribution in [2.75, 3.05) is 6.61 Å². The van der Waals surface area contributed by atoms with E-state index >= 15 is 0 Å². The second-order valence-corrected chi connectivity index (χ2v) is 8.28. The van der Waals surface area contributed by atoms with Crippen LogP contribution in [0.25, 0.3) is 6.08 Å². The number of carboxylic acids is 1. The fourth-order valence-corrected chi connectivity index (χ4v) is 3.99. The third kappa shape index (κ3) is 5.18. The molecular formula is C20H15ClN2O5S2. The molecule has 0 spiro atoms. The number of nitrogens with zero attached hydrogens (tertiary/aromatic N) is 1. The van der Waals surface area contributed by atoms with Crippen LogP contribution in [0.15, 0.2) is 47.4 Å². The molecule has 0 aromatic heterocycles. The molecule has 154 valence electrons. The molecular weight excluding hydrogens is 448 g/mol. The Morgan fingerprint density at radius 3 is 2.60 bits per heavy atom. The first-order valence-electron chi connectivity index (χ1n) is 8.54. The van der Waals surface area contributed by atoms with Gasteiger partial charge in [-0.3, -0.25) is 15.0 Å². The third-order valence-corrected chi connectivity index (χ3v) is 5.53. The maximum Gasteiger partial charge on any atom is 0.341 e. The Labute approximate surface area is 186 Å². The van der Waals surface area contributed by atoms with Gasteiger partial charge in [0.25, 0.3) is 11.8 Å². The summed E-state index contributed by atoms with van der Waals surface area (Å²) in [4.78, 5) is 36.1. The van der Waals surface area contributed by atoms with Crippen molar-refractivity contribution in [2.45, 2.75) is 6.92 Å². The summed E-state index contributed by atoms with van der Waals surface area (Å²) in [5.41, 5.74) is 4.32. The van der Waals surface area contributed by atoms with Gasteiger partial charge in [0.15, 0.2) is 10.9 Å². The van der Waals surface area contributed by atoms with Crippen molar-refractivity contribution < 1.29 is 24.2 Å². The van der Waals surface area contributed by atoms with E-state index in [1.165, 1.54) is 0 Å². The summed E-state index contributed by atoms with van der Waals surface area (Å²) >= 11 is 12.4. The zero-order valence-electron chi connectivity index (χ0n) is 15.5. The van der Waals surface area contributed by atoms with E-state index in [2.05, 4.69) is 5.43 Å². The van der Waals surface area contributed by atoms with Crippen LogP contribution in [0, 0.1) is 6.92 Å². The number of thiocarbonyl (C=S) groups is 1. The fraction of sp³-hybridized carbons (Fsp3) is 0.100. The van der Waals surface area contributed by atoms with E-state index in [0.717, 1.165) is 22.3 Å². The molecule has 0 radical (unpaired) electrons. The Kier molecular flexibility index (Phi) is 6.76. The van der Waals surface area contributed by atoms with Crippen LogP contribution >= 0.6 is 35.6 Å². The fourth-order valence-electron chi connectivity index (χ4n) is 2.49. The smallest absolute Gasteiger partial charge is 0.341 e. The molecule has 10 heteroatoms. The van der Waals surface area contributed by atoms with E-state index in [0.29, 0.717) is 16.2 Å². The highest BCUT2D eigenvalue weighted by molar-refractivity contribution is 8.26. The van der Waals surface area contributed by atoms with Gasteiger partial charge in [-0.2, -0.15) is 5.01 Å². The van der Waals surface area contributed by atoms with Crippen molar-refractivity contribution >= 4 is 63.8 Å². The zero-order chi connectivity index (χ0) is 21.8. The van der Waals surface area contributed by atoms with E-state index in [1.54, 1.807) is 48.5 Å². The van der Waals surface area contributed by atoms with Crippen molar-refractivity contribution in [3.8, 4) is 5.75 Å². The molecule has 2 amide bonds. The lowest BCUT2D eigenvalue weighted by molar-refractivity contribution is -0.139. The van der Waals surface area contributed by atoms with Gasteiger partial charge in [-0.05, 0) is 60.6 Å². The molecule has 3 rings (SSSR count). The molecule has 0 unspecified atom stereocenters. The Morgan fingerprint density at radius 1 is 1.27 bits per heavy atom. The molecule has 1 saturated heterocycles. The Bertz CT molecular complexity index is 1070. The first-order valence-corrected chi connectivity index (χ1v) is 10.1. The highest BCUT2D eigenvalue weighted by Crippen LogP contribution is 2.32. The number of thioether (sulfide) groups is 1. The molecule has 1 fully saturated rings. The van der Waals surface area contributed by atoms with Crippen LogP contribution in [0.3, 0.4) is 0 Å². The summed E-state index contributed by atoms with van der Waals surface area (Å²) in [7, 11) is 0. The second-order valence-electron chi connectivity index (χ2n) is 6.19.